The summed E-state index contributed by atoms with van der Waals surface area (Å²) in [6.45, 7) is 4.55. The molecule has 1 aromatic heterocycles. The van der Waals surface area contributed by atoms with Crippen LogP contribution in [0.1, 0.15) is 19.8 Å². The molecule has 26 heavy (non-hydrogen) atoms. The predicted octanol–water partition coefficient (Wildman–Crippen LogP) is 2.99. The highest BCUT2D eigenvalue weighted by Gasteiger charge is 2.29. The molecule has 1 aromatic carbocycles. The zero-order chi connectivity index (χ0) is 18.7. The van der Waals surface area contributed by atoms with Crippen molar-refractivity contribution >= 4 is 41.4 Å². The van der Waals surface area contributed by atoms with Gasteiger partial charge in [0.2, 0.25) is 5.89 Å². The molecule has 0 aliphatic carbocycles. The maximum atomic E-state index is 11.8. The van der Waals surface area contributed by atoms with E-state index < -0.39 is 0 Å². The molecule has 0 radical (unpaired) electrons. The molecular weight excluding hydrogens is 397 g/mol. The molecule has 6 nitrogen and oxygen atoms in total. The van der Waals surface area contributed by atoms with Crippen LogP contribution in [0.25, 0.3) is 11.5 Å². The summed E-state index contributed by atoms with van der Waals surface area (Å²) >= 11 is 17.4. The van der Waals surface area contributed by atoms with Crippen LogP contribution in [-0.4, -0.2) is 35.4 Å². The molecule has 1 saturated heterocycles. The van der Waals surface area contributed by atoms with E-state index in [1.165, 1.54) is 4.90 Å². The molecular formula is C17H20Cl2N3O3S+. The average molecular weight is 417 g/mol. The average Bonchev–Trinajstić information content (AvgIpc) is 2.96. The minimum Gasteiger partial charge on any atom is -0.466 e. The fourth-order valence-corrected chi connectivity index (χ4v) is 3.74. The third-order valence-electron chi connectivity index (χ3n) is 4.45. The second-order valence-corrected chi connectivity index (χ2v) is 7.42. The third kappa shape index (κ3) is 4.46. The first-order chi connectivity index (χ1) is 12.5. The Morgan fingerprint density at radius 1 is 1.42 bits per heavy atom. The van der Waals surface area contributed by atoms with Crippen molar-refractivity contribution in [2.24, 2.45) is 5.92 Å². The number of hydrogen-bond acceptors (Lipinski definition) is 5. The van der Waals surface area contributed by atoms with Crippen LogP contribution in [0.4, 0.5) is 0 Å². The summed E-state index contributed by atoms with van der Waals surface area (Å²) in [7, 11) is 0. The number of quaternary nitrogens is 1. The summed E-state index contributed by atoms with van der Waals surface area (Å²) in [6.07, 6.45) is 1.60. The van der Waals surface area contributed by atoms with Gasteiger partial charge in [0.05, 0.1) is 36.2 Å². The van der Waals surface area contributed by atoms with Crippen molar-refractivity contribution in [3.63, 3.8) is 0 Å². The van der Waals surface area contributed by atoms with Gasteiger partial charge in [0.1, 0.15) is 0 Å². The van der Waals surface area contributed by atoms with Gasteiger partial charge in [-0.1, -0.05) is 23.2 Å². The van der Waals surface area contributed by atoms with Gasteiger partial charge < -0.3 is 14.1 Å². The third-order valence-corrected chi connectivity index (χ3v) is 5.30. The van der Waals surface area contributed by atoms with Crippen molar-refractivity contribution in [3.8, 4) is 11.5 Å². The molecule has 9 heteroatoms. The summed E-state index contributed by atoms with van der Waals surface area (Å²) in [5.74, 6) is 0.272. The Balaban J connectivity index is 1.66. The first-order valence-corrected chi connectivity index (χ1v) is 9.68. The topological polar surface area (TPSA) is 61.7 Å². The molecule has 2 heterocycles. The molecule has 1 aliphatic heterocycles. The Kier molecular flexibility index (Phi) is 6.34. The minimum absolute atomic E-state index is 0.00702. The quantitative estimate of drug-likeness (QED) is 0.599. The molecule has 0 atom stereocenters. The smallest absolute Gasteiger partial charge is 0.309 e. The SMILES string of the molecule is CCOC(=O)C1CC[NH+](Cn2nc(-c3ccc(Cl)cc3Cl)oc2=S)CC1. The summed E-state index contributed by atoms with van der Waals surface area (Å²) < 4.78 is 12.4. The number of benzene rings is 1. The number of nitrogens with zero attached hydrogens (tertiary/aromatic N) is 2. The number of halogens is 2. The number of aromatic nitrogens is 2. The lowest BCUT2D eigenvalue weighted by Gasteiger charge is -2.27. The molecule has 1 fully saturated rings. The van der Waals surface area contributed by atoms with Crippen molar-refractivity contribution in [1.82, 2.24) is 9.78 Å². The number of carbonyl (C=O) groups is 1. The molecule has 0 saturated carbocycles. The first-order valence-electron chi connectivity index (χ1n) is 8.51. The number of likely N-dealkylation sites (tertiary alicyclic amines) is 1. The van der Waals surface area contributed by atoms with E-state index >= 15 is 0 Å². The van der Waals surface area contributed by atoms with Crippen LogP contribution in [0.3, 0.4) is 0 Å². The molecule has 140 valence electrons. The van der Waals surface area contributed by atoms with Gasteiger partial charge in [-0.25, -0.2) is 0 Å². The van der Waals surface area contributed by atoms with Gasteiger partial charge >= 0.3 is 5.97 Å². The molecule has 1 aliphatic rings. The zero-order valence-electron chi connectivity index (χ0n) is 14.3. The van der Waals surface area contributed by atoms with Crippen LogP contribution in [0.2, 0.25) is 10.0 Å². The standard InChI is InChI=1S/C17H19Cl2N3O3S/c1-2-24-16(23)11-5-7-21(8-6-11)10-22-17(26)25-15(20-22)13-4-3-12(18)9-14(13)19/h3-4,9,11H,2,5-8,10H2,1H3/p+1. The molecule has 0 unspecified atom stereocenters. The fourth-order valence-electron chi connectivity index (χ4n) is 3.07. The molecule has 0 bridgehead atoms. The lowest BCUT2D eigenvalue weighted by atomic mass is 9.97. The monoisotopic (exact) mass is 416 g/mol. The lowest BCUT2D eigenvalue weighted by Crippen LogP contribution is -3.12. The van der Waals surface area contributed by atoms with Crippen LogP contribution >= 0.6 is 35.4 Å². The number of carbonyl (C=O) groups excluding carboxylic acids is 1. The summed E-state index contributed by atoms with van der Waals surface area (Å²) in [6, 6.07) is 5.13. The van der Waals surface area contributed by atoms with Gasteiger partial charge in [-0.15, -0.1) is 5.10 Å². The maximum Gasteiger partial charge on any atom is 0.309 e. The van der Waals surface area contributed by atoms with Crippen LogP contribution < -0.4 is 4.90 Å². The van der Waals surface area contributed by atoms with Crippen LogP contribution in [-0.2, 0) is 16.2 Å². The van der Waals surface area contributed by atoms with Crippen molar-refractivity contribution in [2.75, 3.05) is 19.7 Å². The lowest BCUT2D eigenvalue weighted by molar-refractivity contribution is -0.929. The van der Waals surface area contributed by atoms with Gasteiger partial charge in [-0.3, -0.25) is 4.79 Å². The Bertz CT molecular complexity index is 844. The fraction of sp³-hybridized carbons (Fsp3) is 0.471. The van der Waals surface area contributed by atoms with Gasteiger partial charge in [0.15, 0.2) is 6.67 Å². The Labute approximate surface area is 166 Å². The largest absolute Gasteiger partial charge is 0.466 e. The van der Waals surface area contributed by atoms with Crippen molar-refractivity contribution in [1.29, 1.82) is 0 Å². The van der Waals surface area contributed by atoms with Crippen LogP contribution in [0, 0.1) is 10.8 Å². The van der Waals surface area contributed by atoms with E-state index in [-0.39, 0.29) is 11.9 Å². The highest BCUT2D eigenvalue weighted by atomic mass is 35.5. The summed E-state index contributed by atoms with van der Waals surface area (Å²) in [5, 5.41) is 5.46. The van der Waals surface area contributed by atoms with E-state index in [4.69, 9.17) is 44.6 Å². The normalized spacial score (nSPS) is 20.1. The van der Waals surface area contributed by atoms with Crippen LogP contribution in [0.15, 0.2) is 22.6 Å². The summed E-state index contributed by atoms with van der Waals surface area (Å²) in [4.78, 5) is 13.4. The van der Waals surface area contributed by atoms with E-state index in [9.17, 15) is 4.79 Å². The molecule has 3 rings (SSSR count). The van der Waals surface area contributed by atoms with Crippen molar-refractivity contribution in [3.05, 3.63) is 33.1 Å². The minimum atomic E-state index is -0.0933. The van der Waals surface area contributed by atoms with Crippen LogP contribution in [0.5, 0.6) is 0 Å². The first kappa shape index (κ1) is 19.4. The Morgan fingerprint density at radius 3 is 2.81 bits per heavy atom. The number of ether oxygens (including phenoxy) is 1. The Morgan fingerprint density at radius 2 is 2.15 bits per heavy atom. The number of esters is 1. The number of piperidine rings is 1. The number of rotatable bonds is 5. The van der Waals surface area contributed by atoms with E-state index in [2.05, 4.69) is 5.10 Å². The van der Waals surface area contributed by atoms with Gasteiger partial charge in [-0.2, -0.15) is 4.68 Å². The summed E-state index contributed by atoms with van der Waals surface area (Å²) in [5.41, 5.74) is 0.650. The van der Waals surface area contributed by atoms with E-state index in [0.717, 1.165) is 25.9 Å². The van der Waals surface area contributed by atoms with Gasteiger partial charge in [-0.05, 0) is 37.3 Å². The van der Waals surface area contributed by atoms with Crippen molar-refractivity contribution < 1.29 is 18.8 Å². The second-order valence-electron chi connectivity index (χ2n) is 6.23. The molecule has 2 aromatic rings. The second kappa shape index (κ2) is 8.52. The molecule has 0 amide bonds. The van der Waals surface area contributed by atoms with Gasteiger partial charge in [0.25, 0.3) is 4.84 Å². The predicted molar refractivity (Wildman–Crippen MR) is 101 cm³/mol. The van der Waals surface area contributed by atoms with Crippen molar-refractivity contribution in [2.45, 2.75) is 26.4 Å². The highest BCUT2D eigenvalue weighted by molar-refractivity contribution is 7.71. The van der Waals surface area contributed by atoms with E-state index in [0.29, 0.717) is 39.6 Å². The van der Waals surface area contributed by atoms with E-state index in [1.54, 1.807) is 22.9 Å². The Hall–Kier alpha value is -1.41. The highest BCUT2D eigenvalue weighted by Crippen LogP contribution is 2.29. The maximum absolute atomic E-state index is 11.8. The van der Waals surface area contributed by atoms with Gasteiger partial charge in [0, 0.05) is 17.9 Å². The zero-order valence-corrected chi connectivity index (χ0v) is 16.7. The molecule has 1 N–H and O–H groups in total. The molecule has 0 spiro atoms. The van der Waals surface area contributed by atoms with E-state index in [1.807, 2.05) is 6.92 Å². The number of hydrogen-bond donors (Lipinski definition) is 1. The number of nitrogens with one attached hydrogen (secondary N) is 1.